The number of aliphatic hydroxyl groups is 1. The summed E-state index contributed by atoms with van der Waals surface area (Å²) >= 11 is 0. The molecule has 1 N–H and O–H groups in total. The van der Waals surface area contributed by atoms with Crippen molar-refractivity contribution in [1.29, 1.82) is 0 Å². The van der Waals surface area contributed by atoms with Crippen LogP contribution < -0.4 is 4.74 Å². The molecule has 2 rings (SSSR count). The maximum atomic E-state index is 12.1. The van der Waals surface area contributed by atoms with E-state index in [1.54, 1.807) is 6.07 Å². The van der Waals surface area contributed by atoms with Gasteiger partial charge in [-0.15, -0.1) is 13.2 Å². The molecule has 0 saturated heterocycles. The van der Waals surface area contributed by atoms with Crippen molar-refractivity contribution in [1.82, 2.24) is 0 Å². The molecule has 2 aromatic carbocycles. The summed E-state index contributed by atoms with van der Waals surface area (Å²) in [5.41, 5.74) is 1.29. The Morgan fingerprint density at radius 3 is 2.35 bits per heavy atom. The molecule has 0 aliphatic heterocycles. The molecule has 0 heterocycles. The zero-order valence-corrected chi connectivity index (χ0v) is 10.5. The highest BCUT2D eigenvalue weighted by Crippen LogP contribution is 2.26. The van der Waals surface area contributed by atoms with Crippen molar-refractivity contribution < 1.29 is 23.0 Å². The summed E-state index contributed by atoms with van der Waals surface area (Å²) in [6.07, 6.45) is -5.28. The molecule has 0 aliphatic rings. The van der Waals surface area contributed by atoms with Crippen LogP contribution in [-0.4, -0.2) is 11.5 Å². The number of alkyl halides is 3. The third-order valence-electron chi connectivity index (χ3n) is 2.75. The predicted molar refractivity (Wildman–Crippen MR) is 68.2 cm³/mol. The second-order valence-corrected chi connectivity index (χ2v) is 4.33. The standard InChI is InChI=1S/C15H13F3O2/c16-15(17,18)20-13-8-4-7-12(10-13)14(19)9-11-5-2-1-3-6-11/h1-8,10,14,19H,9H2. The van der Waals surface area contributed by atoms with Crippen LogP contribution in [0.5, 0.6) is 5.75 Å². The van der Waals surface area contributed by atoms with Gasteiger partial charge in [0.15, 0.2) is 0 Å². The van der Waals surface area contributed by atoms with E-state index in [1.807, 2.05) is 30.3 Å². The van der Waals surface area contributed by atoms with E-state index in [0.29, 0.717) is 12.0 Å². The fourth-order valence-corrected chi connectivity index (χ4v) is 1.87. The first-order chi connectivity index (χ1) is 9.44. The second kappa shape index (κ2) is 5.96. The lowest BCUT2D eigenvalue weighted by Gasteiger charge is -2.14. The number of aliphatic hydroxyl groups excluding tert-OH is 1. The van der Waals surface area contributed by atoms with Crippen LogP contribution in [-0.2, 0) is 6.42 Å². The minimum atomic E-state index is -4.73. The van der Waals surface area contributed by atoms with E-state index in [4.69, 9.17) is 0 Å². The highest BCUT2D eigenvalue weighted by atomic mass is 19.4. The summed E-state index contributed by atoms with van der Waals surface area (Å²) in [5, 5.41) is 10.1. The Morgan fingerprint density at radius 1 is 1.00 bits per heavy atom. The molecule has 5 heteroatoms. The van der Waals surface area contributed by atoms with Crippen LogP contribution in [0, 0.1) is 0 Å². The van der Waals surface area contributed by atoms with E-state index in [9.17, 15) is 18.3 Å². The Hall–Kier alpha value is -2.01. The van der Waals surface area contributed by atoms with Gasteiger partial charge in [-0.25, -0.2) is 0 Å². The van der Waals surface area contributed by atoms with E-state index in [2.05, 4.69) is 4.74 Å². The molecule has 0 spiro atoms. The fourth-order valence-electron chi connectivity index (χ4n) is 1.87. The van der Waals surface area contributed by atoms with Gasteiger partial charge in [-0.2, -0.15) is 0 Å². The molecule has 2 aromatic rings. The Balaban J connectivity index is 2.10. The summed E-state index contributed by atoms with van der Waals surface area (Å²) in [6.45, 7) is 0. The summed E-state index contributed by atoms with van der Waals surface area (Å²) < 4.78 is 40.2. The number of ether oxygens (including phenoxy) is 1. The van der Waals surface area contributed by atoms with Crippen molar-refractivity contribution in [3.63, 3.8) is 0 Å². The number of halogens is 3. The largest absolute Gasteiger partial charge is 0.573 e. The smallest absolute Gasteiger partial charge is 0.406 e. The van der Waals surface area contributed by atoms with Gasteiger partial charge >= 0.3 is 6.36 Å². The van der Waals surface area contributed by atoms with Crippen molar-refractivity contribution in [2.24, 2.45) is 0 Å². The van der Waals surface area contributed by atoms with E-state index >= 15 is 0 Å². The Kier molecular flexibility index (Phi) is 4.29. The third-order valence-corrected chi connectivity index (χ3v) is 2.75. The third kappa shape index (κ3) is 4.28. The van der Waals surface area contributed by atoms with Crippen LogP contribution in [0.1, 0.15) is 17.2 Å². The zero-order chi connectivity index (χ0) is 14.6. The molecule has 0 fully saturated rings. The maximum Gasteiger partial charge on any atom is 0.573 e. The predicted octanol–water partition coefficient (Wildman–Crippen LogP) is 3.86. The van der Waals surface area contributed by atoms with Crippen LogP contribution in [0.3, 0.4) is 0 Å². The normalized spacial score (nSPS) is 13.0. The first-order valence-corrected chi connectivity index (χ1v) is 6.02. The van der Waals surface area contributed by atoms with Gasteiger partial charge in [0.25, 0.3) is 0 Å². The Morgan fingerprint density at radius 2 is 1.70 bits per heavy atom. The van der Waals surface area contributed by atoms with Crippen molar-refractivity contribution in [3.05, 3.63) is 65.7 Å². The minimum Gasteiger partial charge on any atom is -0.406 e. The SMILES string of the molecule is OC(Cc1ccccc1)c1cccc(OC(F)(F)F)c1. The second-order valence-electron chi connectivity index (χ2n) is 4.33. The first kappa shape index (κ1) is 14.4. The summed E-state index contributed by atoms with van der Waals surface area (Å²) in [7, 11) is 0. The van der Waals surface area contributed by atoms with Gasteiger partial charge in [0.1, 0.15) is 5.75 Å². The number of hydrogen-bond donors (Lipinski definition) is 1. The van der Waals surface area contributed by atoms with E-state index in [-0.39, 0.29) is 5.75 Å². The Labute approximate surface area is 114 Å². The zero-order valence-electron chi connectivity index (χ0n) is 10.5. The van der Waals surface area contributed by atoms with Crippen LogP contribution in [0.4, 0.5) is 13.2 Å². The summed E-state index contributed by atoms with van der Waals surface area (Å²) in [5.74, 6) is -0.331. The van der Waals surface area contributed by atoms with Crippen molar-refractivity contribution >= 4 is 0 Å². The number of benzene rings is 2. The molecule has 0 bridgehead atoms. The van der Waals surface area contributed by atoms with E-state index < -0.39 is 12.5 Å². The Bertz CT molecular complexity index is 553. The quantitative estimate of drug-likeness (QED) is 0.922. The number of hydrogen-bond acceptors (Lipinski definition) is 2. The van der Waals surface area contributed by atoms with Gasteiger partial charge in [-0.3, -0.25) is 0 Å². The summed E-state index contributed by atoms with van der Waals surface area (Å²) in [4.78, 5) is 0. The highest BCUT2D eigenvalue weighted by molar-refractivity contribution is 5.31. The van der Waals surface area contributed by atoms with Gasteiger partial charge in [0.2, 0.25) is 0 Å². The van der Waals surface area contributed by atoms with Crippen LogP contribution >= 0.6 is 0 Å². The first-order valence-electron chi connectivity index (χ1n) is 6.02. The maximum absolute atomic E-state index is 12.1. The monoisotopic (exact) mass is 282 g/mol. The van der Waals surface area contributed by atoms with Gasteiger partial charge in [0.05, 0.1) is 6.10 Å². The topological polar surface area (TPSA) is 29.5 Å². The molecule has 0 aliphatic carbocycles. The fraction of sp³-hybridized carbons (Fsp3) is 0.200. The van der Waals surface area contributed by atoms with Crippen LogP contribution in [0.2, 0.25) is 0 Å². The van der Waals surface area contributed by atoms with Gasteiger partial charge in [-0.1, -0.05) is 42.5 Å². The lowest BCUT2D eigenvalue weighted by atomic mass is 10.0. The molecular weight excluding hydrogens is 269 g/mol. The van der Waals surface area contributed by atoms with Gasteiger partial charge < -0.3 is 9.84 Å². The summed E-state index contributed by atoms with van der Waals surface area (Å²) in [6, 6.07) is 14.6. The van der Waals surface area contributed by atoms with Crippen molar-refractivity contribution in [2.45, 2.75) is 18.9 Å². The lowest BCUT2D eigenvalue weighted by molar-refractivity contribution is -0.274. The van der Waals surface area contributed by atoms with Crippen molar-refractivity contribution in [2.75, 3.05) is 0 Å². The average molecular weight is 282 g/mol. The lowest BCUT2D eigenvalue weighted by Crippen LogP contribution is -2.17. The number of rotatable bonds is 4. The van der Waals surface area contributed by atoms with E-state index in [1.165, 1.54) is 18.2 Å². The molecular formula is C15H13F3O2. The highest BCUT2D eigenvalue weighted by Gasteiger charge is 2.31. The van der Waals surface area contributed by atoms with Crippen LogP contribution in [0.15, 0.2) is 54.6 Å². The molecule has 0 radical (unpaired) electrons. The molecule has 20 heavy (non-hydrogen) atoms. The molecule has 0 amide bonds. The molecule has 1 atom stereocenters. The van der Waals surface area contributed by atoms with E-state index in [0.717, 1.165) is 5.56 Å². The molecule has 0 saturated carbocycles. The average Bonchev–Trinajstić information content (AvgIpc) is 2.38. The van der Waals surface area contributed by atoms with Gasteiger partial charge in [-0.05, 0) is 23.3 Å². The van der Waals surface area contributed by atoms with Gasteiger partial charge in [0, 0.05) is 6.42 Å². The molecule has 2 nitrogen and oxygen atoms in total. The minimum absolute atomic E-state index is 0.330. The molecule has 1 unspecified atom stereocenters. The van der Waals surface area contributed by atoms with Crippen LogP contribution in [0.25, 0.3) is 0 Å². The van der Waals surface area contributed by atoms with Crippen molar-refractivity contribution in [3.8, 4) is 5.75 Å². The molecule has 0 aromatic heterocycles. The molecule has 106 valence electrons.